The Morgan fingerprint density at radius 2 is 1.67 bits per heavy atom. The van der Waals surface area contributed by atoms with Gasteiger partial charge in [0.25, 0.3) is 0 Å². The first-order valence-electron chi connectivity index (χ1n) is 7.50. The van der Waals surface area contributed by atoms with Crippen molar-refractivity contribution < 1.29 is 28.5 Å². The molecule has 0 aromatic carbocycles. The minimum atomic E-state index is -0.0196. The number of anilines is 1. The molecule has 0 amide bonds. The number of furan rings is 1. The predicted molar refractivity (Wildman–Crippen MR) is 95.0 cm³/mol. The lowest BCUT2D eigenvalue weighted by molar-refractivity contribution is 0.0878. The number of ether oxygens (including phenoxy) is 2. The second-order valence-electron chi connectivity index (χ2n) is 4.85. The first-order chi connectivity index (χ1) is 11.7. The van der Waals surface area contributed by atoms with Crippen LogP contribution in [0, 0.1) is 4.51 Å². The van der Waals surface area contributed by atoms with Gasteiger partial charge in [-0.3, -0.25) is 0 Å². The summed E-state index contributed by atoms with van der Waals surface area (Å²) in [5, 5.41) is 17.6. The first kappa shape index (κ1) is 19.4. The van der Waals surface area contributed by atoms with Crippen molar-refractivity contribution in [1.29, 1.82) is 0 Å². The molecule has 134 valence electrons. The molecule has 0 bridgehead atoms. The van der Waals surface area contributed by atoms with Gasteiger partial charge in [-0.1, -0.05) is 12.2 Å². The van der Waals surface area contributed by atoms with Crippen LogP contribution in [-0.2, 0) is 9.47 Å². The number of nitrogens with zero attached hydrogens (tertiary/aromatic N) is 1. The zero-order chi connectivity index (χ0) is 17.4. The molecule has 0 atom stereocenters. The number of fused-ring (bicyclic) bond motifs is 1. The van der Waals surface area contributed by atoms with Gasteiger partial charge in [0.2, 0.25) is 0 Å². The molecule has 2 heterocycles. The third-order valence-corrected chi connectivity index (χ3v) is 4.03. The van der Waals surface area contributed by atoms with Crippen LogP contribution in [0.15, 0.2) is 25.6 Å². The first-order valence-corrected chi connectivity index (χ1v) is 8.70. The minimum absolute atomic E-state index is 0.0196. The monoisotopic (exact) mass is 421 g/mol. The van der Waals surface area contributed by atoms with Crippen molar-refractivity contribution in [3.63, 3.8) is 0 Å². The van der Waals surface area contributed by atoms with Gasteiger partial charge >= 0.3 is 0 Å². The predicted octanol–water partition coefficient (Wildman–Crippen LogP) is 2.34. The van der Waals surface area contributed by atoms with Crippen LogP contribution >= 0.6 is 28.1 Å². The Bertz CT molecular complexity index is 676. The van der Waals surface area contributed by atoms with E-state index in [0.29, 0.717) is 52.3 Å². The molecule has 9 heteroatoms. The van der Waals surface area contributed by atoms with Crippen LogP contribution in [0.4, 0.5) is 5.88 Å². The minimum Gasteiger partial charge on any atom is -0.458 e. The van der Waals surface area contributed by atoms with E-state index in [0.717, 1.165) is 0 Å². The summed E-state index contributed by atoms with van der Waals surface area (Å²) in [6, 6.07) is 1.73. The van der Waals surface area contributed by atoms with Crippen LogP contribution in [0.1, 0.15) is 0 Å². The van der Waals surface area contributed by atoms with Crippen molar-refractivity contribution in [2.45, 2.75) is 0 Å². The van der Waals surface area contributed by atoms with Crippen LogP contribution in [-0.4, -0.2) is 62.9 Å². The van der Waals surface area contributed by atoms with Crippen LogP contribution in [0.5, 0.6) is 0 Å². The fourth-order valence-electron chi connectivity index (χ4n) is 2.07. The summed E-state index contributed by atoms with van der Waals surface area (Å²) in [5.74, 6) is 0.579. The quantitative estimate of drug-likeness (QED) is 0.422. The molecular weight excluding hydrogens is 402 g/mol. The van der Waals surface area contributed by atoms with Crippen molar-refractivity contribution in [3.8, 4) is 0 Å². The Hall–Kier alpha value is -0.970. The lowest BCUT2D eigenvalue weighted by atomic mass is 10.4. The lowest BCUT2D eigenvalue weighted by Crippen LogP contribution is -2.31. The van der Waals surface area contributed by atoms with Gasteiger partial charge in [-0.15, -0.1) is 0 Å². The SMILES string of the molecule is OCCOCCN(CCOCCO)c1cc(=S)c2occ(Br)c2o1. The van der Waals surface area contributed by atoms with Gasteiger partial charge in [-0.25, -0.2) is 0 Å². The molecule has 0 radical (unpaired) electrons. The van der Waals surface area contributed by atoms with E-state index in [1.807, 2.05) is 4.90 Å². The van der Waals surface area contributed by atoms with E-state index in [2.05, 4.69) is 15.9 Å². The Morgan fingerprint density at radius 3 is 2.25 bits per heavy atom. The average Bonchev–Trinajstić information content (AvgIpc) is 2.95. The van der Waals surface area contributed by atoms with Crippen LogP contribution in [0.3, 0.4) is 0 Å². The van der Waals surface area contributed by atoms with Crippen molar-refractivity contribution in [3.05, 3.63) is 21.3 Å². The second kappa shape index (κ2) is 10.1. The highest BCUT2D eigenvalue weighted by atomic mass is 79.9. The van der Waals surface area contributed by atoms with E-state index in [-0.39, 0.29) is 26.4 Å². The van der Waals surface area contributed by atoms with Crippen molar-refractivity contribution in [2.75, 3.05) is 57.6 Å². The van der Waals surface area contributed by atoms with Gasteiger partial charge in [-0.2, -0.15) is 0 Å². The number of hydrogen-bond donors (Lipinski definition) is 2. The van der Waals surface area contributed by atoms with Crippen LogP contribution in [0.25, 0.3) is 11.2 Å². The third kappa shape index (κ3) is 5.27. The fraction of sp³-hybridized carbons (Fsp3) is 0.533. The topological polar surface area (TPSA) is 88.4 Å². The molecule has 0 fully saturated rings. The van der Waals surface area contributed by atoms with E-state index in [4.69, 9.17) is 40.7 Å². The summed E-state index contributed by atoms with van der Waals surface area (Å²) in [7, 11) is 0. The van der Waals surface area contributed by atoms with E-state index >= 15 is 0 Å². The number of hydrogen-bond acceptors (Lipinski definition) is 8. The molecule has 0 aliphatic rings. The smallest absolute Gasteiger partial charge is 0.198 e. The molecule has 2 aromatic heterocycles. The molecule has 0 spiro atoms. The Kier molecular flexibility index (Phi) is 8.16. The van der Waals surface area contributed by atoms with Crippen LogP contribution < -0.4 is 4.90 Å². The molecular formula is C15H20BrNO6S. The molecule has 2 N–H and O–H groups in total. The maximum absolute atomic E-state index is 8.78. The molecule has 2 aromatic rings. The van der Waals surface area contributed by atoms with Gasteiger partial charge in [-0.05, 0) is 15.9 Å². The highest BCUT2D eigenvalue weighted by Crippen LogP contribution is 2.31. The zero-order valence-electron chi connectivity index (χ0n) is 13.1. The summed E-state index contributed by atoms with van der Waals surface area (Å²) in [6.07, 6.45) is 1.53. The zero-order valence-corrected chi connectivity index (χ0v) is 15.5. The van der Waals surface area contributed by atoms with Crippen molar-refractivity contribution >= 4 is 45.2 Å². The van der Waals surface area contributed by atoms with E-state index in [9.17, 15) is 0 Å². The standard InChI is InChI=1S/C15H20BrNO6S/c16-11-10-22-15-12(24)9-13(23-14(11)15)17(1-5-20-7-3-18)2-6-21-8-4-19/h9-10,18-19H,1-8H2. The number of rotatable bonds is 11. The summed E-state index contributed by atoms with van der Waals surface area (Å²) in [5.41, 5.74) is 1.07. The molecule has 0 unspecified atom stereocenters. The molecule has 0 aliphatic carbocycles. The summed E-state index contributed by atoms with van der Waals surface area (Å²) >= 11 is 8.73. The summed E-state index contributed by atoms with van der Waals surface area (Å²) < 4.78 is 23.2. The van der Waals surface area contributed by atoms with Gasteiger partial charge in [0.15, 0.2) is 17.1 Å². The average molecular weight is 422 g/mol. The van der Waals surface area contributed by atoms with Gasteiger partial charge < -0.3 is 33.4 Å². The number of halogens is 1. The van der Waals surface area contributed by atoms with E-state index in [1.165, 1.54) is 6.26 Å². The largest absolute Gasteiger partial charge is 0.458 e. The Labute approximate surface area is 152 Å². The van der Waals surface area contributed by atoms with Crippen molar-refractivity contribution in [1.82, 2.24) is 0 Å². The molecule has 0 aliphatic heterocycles. The van der Waals surface area contributed by atoms with E-state index < -0.39 is 0 Å². The summed E-state index contributed by atoms with van der Waals surface area (Å²) in [4.78, 5) is 1.93. The fourth-order valence-corrected chi connectivity index (χ4v) is 2.67. The molecule has 0 saturated carbocycles. The molecule has 7 nitrogen and oxygen atoms in total. The highest BCUT2D eigenvalue weighted by Gasteiger charge is 2.15. The van der Waals surface area contributed by atoms with Crippen molar-refractivity contribution in [2.24, 2.45) is 0 Å². The van der Waals surface area contributed by atoms with Crippen LogP contribution in [0.2, 0.25) is 0 Å². The Balaban J connectivity index is 2.14. The maximum atomic E-state index is 8.78. The van der Waals surface area contributed by atoms with Gasteiger partial charge in [0, 0.05) is 19.2 Å². The molecule has 2 rings (SSSR count). The lowest BCUT2D eigenvalue weighted by Gasteiger charge is -2.23. The second-order valence-corrected chi connectivity index (χ2v) is 6.14. The van der Waals surface area contributed by atoms with E-state index in [1.54, 1.807) is 6.07 Å². The molecule has 24 heavy (non-hydrogen) atoms. The number of aliphatic hydroxyl groups excluding tert-OH is 2. The van der Waals surface area contributed by atoms with Gasteiger partial charge in [0.05, 0.1) is 48.6 Å². The van der Waals surface area contributed by atoms with Gasteiger partial charge in [0.1, 0.15) is 6.26 Å². The Morgan fingerprint density at radius 1 is 1.04 bits per heavy atom. The third-order valence-electron chi connectivity index (χ3n) is 3.18. The number of aliphatic hydroxyl groups is 2. The normalized spacial score (nSPS) is 11.3. The maximum Gasteiger partial charge on any atom is 0.198 e. The highest BCUT2D eigenvalue weighted by molar-refractivity contribution is 9.10. The molecule has 0 saturated heterocycles. The summed E-state index contributed by atoms with van der Waals surface area (Å²) in [6.45, 7) is 2.46.